The van der Waals surface area contributed by atoms with Gasteiger partial charge in [0, 0.05) is 18.5 Å². The summed E-state index contributed by atoms with van der Waals surface area (Å²) in [6.45, 7) is 7.10. The van der Waals surface area contributed by atoms with Crippen LogP contribution in [0.1, 0.15) is 52.0 Å². The van der Waals surface area contributed by atoms with Crippen molar-refractivity contribution < 1.29 is 9.53 Å². The van der Waals surface area contributed by atoms with E-state index in [-0.39, 0.29) is 11.5 Å². The zero-order valence-electron chi connectivity index (χ0n) is 15.1. The van der Waals surface area contributed by atoms with Crippen LogP contribution in [0.2, 0.25) is 10.0 Å². The summed E-state index contributed by atoms with van der Waals surface area (Å²) in [5, 5.41) is 1.14. The predicted octanol–water partition coefficient (Wildman–Crippen LogP) is 6.48. The molecule has 140 valence electrons. The van der Waals surface area contributed by atoms with Gasteiger partial charge in [-0.2, -0.15) is 0 Å². The van der Waals surface area contributed by atoms with E-state index in [2.05, 4.69) is 28.7 Å². The van der Waals surface area contributed by atoms with Gasteiger partial charge >= 0.3 is 6.09 Å². The van der Waals surface area contributed by atoms with Crippen LogP contribution in [0.25, 0.3) is 0 Å². The molecule has 1 aliphatic rings. The number of amides is 1. The lowest BCUT2D eigenvalue weighted by atomic mass is 9.71. The highest BCUT2D eigenvalue weighted by Gasteiger charge is 2.39. The fourth-order valence-corrected chi connectivity index (χ4v) is 4.11. The number of likely N-dealkylation sites (tertiary alicyclic amines) is 1. The fourth-order valence-electron chi connectivity index (χ4n) is 3.43. The molecule has 0 spiro atoms. The van der Waals surface area contributed by atoms with E-state index >= 15 is 0 Å². The highest BCUT2D eigenvalue weighted by atomic mass is 127. The minimum absolute atomic E-state index is 0.0887. The van der Waals surface area contributed by atoms with E-state index in [1.165, 1.54) is 5.56 Å². The number of ether oxygens (including phenoxy) is 1. The predicted molar refractivity (Wildman–Crippen MR) is 113 cm³/mol. The number of halogens is 3. The molecule has 6 heteroatoms. The molecule has 1 atom stereocenters. The standard InChI is InChI=1S/C19H26Cl2INO2/c1-18(2,3)25-17(24)23-11-5-9-19(13-23,8-4-10-22)14-6-7-15(20)16(21)12-14/h6-7,12H,4-5,8-11,13H2,1-3H3/t19-/m1/s1. The largest absolute Gasteiger partial charge is 0.444 e. The molecule has 0 bridgehead atoms. The average Bonchev–Trinajstić information content (AvgIpc) is 2.54. The molecule has 0 N–H and O–H groups in total. The van der Waals surface area contributed by atoms with Gasteiger partial charge in [0.05, 0.1) is 10.0 Å². The second kappa shape index (κ2) is 8.66. The number of hydrogen-bond donors (Lipinski definition) is 0. The Morgan fingerprint density at radius 3 is 2.64 bits per heavy atom. The van der Waals surface area contributed by atoms with Crippen molar-refractivity contribution >= 4 is 51.9 Å². The Hall–Kier alpha value is -0.200. The molecule has 0 saturated carbocycles. The van der Waals surface area contributed by atoms with Crippen LogP contribution in [0.3, 0.4) is 0 Å². The van der Waals surface area contributed by atoms with E-state index in [0.29, 0.717) is 16.6 Å². The lowest BCUT2D eigenvalue weighted by molar-refractivity contribution is 0.0126. The second-order valence-electron chi connectivity index (χ2n) is 7.71. The van der Waals surface area contributed by atoms with Crippen LogP contribution in [0.5, 0.6) is 0 Å². The van der Waals surface area contributed by atoms with Gasteiger partial charge in [0.2, 0.25) is 0 Å². The van der Waals surface area contributed by atoms with Crippen molar-refractivity contribution in [1.82, 2.24) is 4.90 Å². The molecule has 1 aromatic rings. The summed E-state index contributed by atoms with van der Waals surface area (Å²) in [6, 6.07) is 5.88. The molecular weight excluding hydrogens is 472 g/mol. The third-order valence-electron chi connectivity index (χ3n) is 4.55. The number of hydrogen-bond acceptors (Lipinski definition) is 2. The lowest BCUT2D eigenvalue weighted by Gasteiger charge is -2.43. The van der Waals surface area contributed by atoms with Gasteiger partial charge in [-0.05, 0) is 68.6 Å². The summed E-state index contributed by atoms with van der Waals surface area (Å²) in [4.78, 5) is 14.4. The van der Waals surface area contributed by atoms with E-state index < -0.39 is 5.60 Å². The minimum Gasteiger partial charge on any atom is -0.444 e. The summed E-state index contributed by atoms with van der Waals surface area (Å²) in [5.41, 5.74) is 0.595. The Morgan fingerprint density at radius 2 is 2.04 bits per heavy atom. The van der Waals surface area contributed by atoms with Crippen molar-refractivity contribution in [3.8, 4) is 0 Å². The van der Waals surface area contributed by atoms with Crippen molar-refractivity contribution in [3.63, 3.8) is 0 Å². The second-order valence-corrected chi connectivity index (χ2v) is 9.60. The normalized spacial score (nSPS) is 21.3. The summed E-state index contributed by atoms with van der Waals surface area (Å²) >= 11 is 14.8. The molecule has 1 aliphatic heterocycles. The van der Waals surface area contributed by atoms with Crippen LogP contribution in [0.4, 0.5) is 4.79 Å². The number of rotatable bonds is 4. The van der Waals surface area contributed by atoms with Gasteiger partial charge in [0.1, 0.15) is 5.60 Å². The molecule has 3 nitrogen and oxygen atoms in total. The molecule has 0 aromatic heterocycles. The zero-order chi connectivity index (χ0) is 18.7. The van der Waals surface area contributed by atoms with Crippen LogP contribution in [-0.4, -0.2) is 34.1 Å². The third-order valence-corrected chi connectivity index (χ3v) is 6.05. The van der Waals surface area contributed by atoms with Crippen LogP contribution < -0.4 is 0 Å². The van der Waals surface area contributed by atoms with Gasteiger partial charge in [-0.1, -0.05) is 51.9 Å². The van der Waals surface area contributed by atoms with E-state index in [4.69, 9.17) is 27.9 Å². The zero-order valence-corrected chi connectivity index (χ0v) is 18.7. The number of carbonyl (C=O) groups is 1. The number of alkyl halides is 1. The van der Waals surface area contributed by atoms with Gasteiger partial charge in [0.25, 0.3) is 0 Å². The molecule has 1 aromatic carbocycles. The third kappa shape index (κ3) is 5.64. The van der Waals surface area contributed by atoms with E-state index in [0.717, 1.165) is 36.7 Å². The van der Waals surface area contributed by atoms with Crippen molar-refractivity contribution in [1.29, 1.82) is 0 Å². The maximum Gasteiger partial charge on any atom is 0.410 e. The maximum absolute atomic E-state index is 12.6. The van der Waals surface area contributed by atoms with Crippen molar-refractivity contribution in [3.05, 3.63) is 33.8 Å². The molecule has 1 saturated heterocycles. The van der Waals surface area contributed by atoms with Gasteiger partial charge < -0.3 is 9.64 Å². The van der Waals surface area contributed by atoms with Crippen molar-refractivity contribution in [2.75, 3.05) is 17.5 Å². The topological polar surface area (TPSA) is 29.5 Å². The summed E-state index contributed by atoms with van der Waals surface area (Å²) in [7, 11) is 0. The van der Waals surface area contributed by atoms with E-state index in [9.17, 15) is 4.79 Å². The average molecular weight is 498 g/mol. The van der Waals surface area contributed by atoms with Gasteiger partial charge in [-0.3, -0.25) is 0 Å². The van der Waals surface area contributed by atoms with Crippen LogP contribution in [0, 0.1) is 0 Å². The number of benzene rings is 1. The monoisotopic (exact) mass is 497 g/mol. The number of piperidine rings is 1. The Labute approximate surface area is 174 Å². The highest BCUT2D eigenvalue weighted by molar-refractivity contribution is 14.1. The molecule has 1 heterocycles. The molecule has 0 radical (unpaired) electrons. The molecule has 1 fully saturated rings. The Balaban J connectivity index is 2.29. The summed E-state index contributed by atoms with van der Waals surface area (Å²) in [6.07, 6.45) is 3.89. The van der Waals surface area contributed by atoms with Crippen LogP contribution in [-0.2, 0) is 10.2 Å². The Morgan fingerprint density at radius 1 is 1.32 bits per heavy atom. The number of carbonyl (C=O) groups excluding carboxylic acids is 1. The van der Waals surface area contributed by atoms with Crippen molar-refractivity contribution in [2.45, 2.75) is 57.5 Å². The van der Waals surface area contributed by atoms with Gasteiger partial charge in [-0.15, -0.1) is 0 Å². The smallest absolute Gasteiger partial charge is 0.410 e. The summed E-state index contributed by atoms with van der Waals surface area (Å²) in [5.74, 6) is 0. The Kier molecular flexibility index (Phi) is 7.31. The first-order chi connectivity index (χ1) is 11.7. The minimum atomic E-state index is -0.483. The number of nitrogens with zero attached hydrogens (tertiary/aromatic N) is 1. The van der Waals surface area contributed by atoms with Gasteiger partial charge in [0.15, 0.2) is 0 Å². The molecule has 0 aliphatic carbocycles. The molecule has 25 heavy (non-hydrogen) atoms. The Bertz CT molecular complexity index is 618. The lowest BCUT2D eigenvalue weighted by Crippen LogP contribution is -2.50. The first-order valence-corrected chi connectivity index (χ1v) is 10.9. The molecule has 2 rings (SSSR count). The maximum atomic E-state index is 12.6. The van der Waals surface area contributed by atoms with E-state index in [1.807, 2.05) is 37.8 Å². The molecular formula is C19H26Cl2INO2. The SMILES string of the molecule is CC(C)(C)OC(=O)N1CCC[C@@](CCCI)(c2ccc(Cl)c(Cl)c2)C1. The first-order valence-electron chi connectivity index (χ1n) is 8.66. The van der Waals surface area contributed by atoms with Crippen LogP contribution >= 0.6 is 45.8 Å². The summed E-state index contributed by atoms with van der Waals surface area (Å²) < 4.78 is 6.68. The van der Waals surface area contributed by atoms with Crippen LogP contribution in [0.15, 0.2) is 18.2 Å². The quantitative estimate of drug-likeness (QED) is 0.352. The molecule has 0 unspecified atom stereocenters. The van der Waals surface area contributed by atoms with Crippen molar-refractivity contribution in [2.24, 2.45) is 0 Å². The van der Waals surface area contributed by atoms with Gasteiger partial charge in [-0.25, -0.2) is 4.79 Å². The fraction of sp³-hybridized carbons (Fsp3) is 0.632. The highest BCUT2D eigenvalue weighted by Crippen LogP contribution is 2.40. The molecule has 1 amide bonds. The van der Waals surface area contributed by atoms with E-state index in [1.54, 1.807) is 0 Å². The first kappa shape index (κ1) is 21.1.